The Labute approximate surface area is 134 Å². The van der Waals surface area contributed by atoms with E-state index < -0.39 is 0 Å². The van der Waals surface area contributed by atoms with Gasteiger partial charge in [-0.15, -0.1) is 24.2 Å². The second-order valence-corrected chi connectivity index (χ2v) is 6.21. The highest BCUT2D eigenvalue weighted by Crippen LogP contribution is 2.34. The van der Waals surface area contributed by atoms with E-state index in [-0.39, 0.29) is 17.9 Å². The van der Waals surface area contributed by atoms with Gasteiger partial charge in [0.25, 0.3) is 0 Å². The first-order valence-electron chi connectivity index (χ1n) is 6.85. The molecule has 1 saturated carbocycles. The minimum atomic E-state index is -0.364. The number of nitrogens with zero attached hydrogens (tertiary/aromatic N) is 3. The van der Waals surface area contributed by atoms with E-state index in [0.29, 0.717) is 17.5 Å². The van der Waals surface area contributed by atoms with Crippen LogP contribution in [0.2, 0.25) is 0 Å². The number of pyridine rings is 1. The topological polar surface area (TPSA) is 77.8 Å². The van der Waals surface area contributed by atoms with Crippen LogP contribution >= 0.6 is 24.2 Å². The summed E-state index contributed by atoms with van der Waals surface area (Å²) in [5, 5.41) is 4.06. The highest BCUT2D eigenvalue weighted by molar-refractivity contribution is 7.97. The van der Waals surface area contributed by atoms with Crippen LogP contribution in [-0.2, 0) is 17.0 Å². The molecule has 1 aliphatic rings. The molecule has 0 aromatic carbocycles. The van der Waals surface area contributed by atoms with Crippen LogP contribution in [0.1, 0.15) is 43.0 Å². The molecule has 21 heavy (non-hydrogen) atoms. The quantitative estimate of drug-likeness (QED) is 0.909. The van der Waals surface area contributed by atoms with Crippen LogP contribution in [0.15, 0.2) is 29.0 Å². The molecular weight excluding hydrogens is 308 g/mol. The van der Waals surface area contributed by atoms with Crippen molar-refractivity contribution in [2.45, 2.75) is 42.7 Å². The maximum absolute atomic E-state index is 6.31. The van der Waals surface area contributed by atoms with Gasteiger partial charge in [-0.3, -0.25) is 4.98 Å². The van der Waals surface area contributed by atoms with E-state index in [1.807, 2.05) is 12.1 Å². The highest BCUT2D eigenvalue weighted by Gasteiger charge is 2.35. The number of nitrogens with two attached hydrogens (primary N) is 1. The number of hydrogen-bond acceptors (Lipinski definition) is 6. The molecule has 2 heterocycles. The molecule has 0 bridgehead atoms. The van der Waals surface area contributed by atoms with Crippen LogP contribution in [0.3, 0.4) is 0 Å². The Balaban J connectivity index is 0.00000161. The molecule has 2 aromatic heterocycles. The summed E-state index contributed by atoms with van der Waals surface area (Å²) >= 11 is 1.75. The molecule has 1 fully saturated rings. The normalized spacial score (nSPS) is 16.6. The highest BCUT2D eigenvalue weighted by atomic mass is 35.5. The summed E-state index contributed by atoms with van der Waals surface area (Å²) < 4.78 is 5.31. The molecule has 5 nitrogen and oxygen atoms in total. The Kier molecular flexibility index (Phi) is 5.61. The predicted molar refractivity (Wildman–Crippen MR) is 85.1 cm³/mol. The molecule has 0 saturated heterocycles. The van der Waals surface area contributed by atoms with Crippen molar-refractivity contribution < 1.29 is 4.52 Å². The van der Waals surface area contributed by atoms with E-state index in [9.17, 15) is 0 Å². The fourth-order valence-electron chi connectivity index (χ4n) is 2.48. The minimum absolute atomic E-state index is 0. The molecule has 2 N–H and O–H groups in total. The summed E-state index contributed by atoms with van der Waals surface area (Å²) in [6.45, 7) is 0. The van der Waals surface area contributed by atoms with E-state index in [2.05, 4.69) is 15.1 Å². The largest absolute Gasteiger partial charge is 0.338 e. The van der Waals surface area contributed by atoms with Crippen LogP contribution in [0, 0.1) is 0 Å². The summed E-state index contributed by atoms with van der Waals surface area (Å²) in [6.07, 6.45) is 7.82. The van der Waals surface area contributed by atoms with Crippen molar-refractivity contribution >= 4 is 24.2 Å². The van der Waals surface area contributed by atoms with Gasteiger partial charge >= 0.3 is 0 Å². The zero-order valence-corrected chi connectivity index (χ0v) is 13.3. The van der Waals surface area contributed by atoms with Crippen molar-refractivity contribution in [3.63, 3.8) is 0 Å². The fourth-order valence-corrected chi connectivity index (χ4v) is 3.30. The van der Waals surface area contributed by atoms with Crippen LogP contribution in [-0.4, -0.2) is 15.1 Å². The zero-order chi connectivity index (χ0) is 13.8. The van der Waals surface area contributed by atoms with E-state index in [0.717, 1.165) is 31.4 Å². The average molecular weight is 327 g/mol. The molecule has 1 aliphatic carbocycles. The molecule has 0 amide bonds. The first-order chi connectivity index (χ1) is 9.76. The standard InChI is InChI=1S/C14H18N4OS.ClH/c15-14(5-1-2-6-14)13-17-12(19-18-13)10-20-9-11-3-7-16-8-4-11;/h3-4,7-8H,1-2,5-6,9-10,15H2;1H. The SMILES string of the molecule is Cl.NC1(c2noc(CSCc3ccncc3)n2)CCCC1. The first kappa shape index (κ1) is 16.3. The van der Waals surface area contributed by atoms with E-state index in [1.165, 1.54) is 5.56 Å². The molecule has 0 aliphatic heterocycles. The Morgan fingerprint density at radius 2 is 1.90 bits per heavy atom. The lowest BCUT2D eigenvalue weighted by Gasteiger charge is -2.17. The molecular formula is C14H19ClN4OS. The van der Waals surface area contributed by atoms with Crippen molar-refractivity contribution in [2.24, 2.45) is 5.73 Å². The predicted octanol–water partition coefficient (Wildman–Crippen LogP) is 3.05. The smallest absolute Gasteiger partial charge is 0.236 e. The molecule has 114 valence electrons. The fraction of sp³-hybridized carbons (Fsp3) is 0.500. The maximum atomic E-state index is 6.31. The first-order valence-corrected chi connectivity index (χ1v) is 8.00. The van der Waals surface area contributed by atoms with Gasteiger partial charge in [0.1, 0.15) is 0 Å². The zero-order valence-electron chi connectivity index (χ0n) is 11.7. The molecule has 3 rings (SSSR count). The second kappa shape index (κ2) is 7.24. The molecule has 0 radical (unpaired) electrons. The number of aromatic nitrogens is 3. The van der Waals surface area contributed by atoms with E-state index in [1.54, 1.807) is 24.2 Å². The third-order valence-corrected chi connectivity index (χ3v) is 4.64. The van der Waals surface area contributed by atoms with Gasteiger partial charge in [-0.05, 0) is 30.5 Å². The van der Waals surface area contributed by atoms with Crippen molar-refractivity contribution in [2.75, 3.05) is 0 Å². The monoisotopic (exact) mass is 326 g/mol. The van der Waals surface area contributed by atoms with Crippen LogP contribution in [0.5, 0.6) is 0 Å². The van der Waals surface area contributed by atoms with E-state index in [4.69, 9.17) is 10.3 Å². The third-order valence-electron chi connectivity index (χ3n) is 3.65. The minimum Gasteiger partial charge on any atom is -0.338 e. The number of halogens is 1. The Morgan fingerprint density at radius 1 is 1.19 bits per heavy atom. The van der Waals surface area contributed by atoms with Gasteiger partial charge in [-0.2, -0.15) is 4.98 Å². The Morgan fingerprint density at radius 3 is 2.62 bits per heavy atom. The average Bonchev–Trinajstić information content (AvgIpc) is 3.10. The van der Waals surface area contributed by atoms with Crippen LogP contribution < -0.4 is 5.73 Å². The molecule has 2 aromatic rings. The lowest BCUT2D eigenvalue weighted by atomic mass is 9.99. The van der Waals surface area contributed by atoms with Gasteiger partial charge in [0.15, 0.2) is 5.82 Å². The number of rotatable bonds is 5. The van der Waals surface area contributed by atoms with E-state index >= 15 is 0 Å². The van der Waals surface area contributed by atoms with Crippen molar-refractivity contribution in [3.8, 4) is 0 Å². The molecule has 7 heteroatoms. The maximum Gasteiger partial charge on any atom is 0.236 e. The van der Waals surface area contributed by atoms with Crippen molar-refractivity contribution in [3.05, 3.63) is 41.8 Å². The lowest BCUT2D eigenvalue weighted by molar-refractivity contribution is 0.355. The lowest BCUT2D eigenvalue weighted by Crippen LogP contribution is -2.34. The Hall–Kier alpha value is -1.11. The van der Waals surface area contributed by atoms with Gasteiger partial charge < -0.3 is 10.3 Å². The number of thioether (sulfide) groups is 1. The summed E-state index contributed by atoms with van der Waals surface area (Å²) in [4.78, 5) is 8.46. The summed E-state index contributed by atoms with van der Waals surface area (Å²) in [5.74, 6) is 2.96. The molecule has 0 spiro atoms. The summed E-state index contributed by atoms with van der Waals surface area (Å²) in [5.41, 5.74) is 7.20. The summed E-state index contributed by atoms with van der Waals surface area (Å²) in [7, 11) is 0. The summed E-state index contributed by atoms with van der Waals surface area (Å²) in [6, 6.07) is 4.03. The van der Waals surface area contributed by atoms with Crippen molar-refractivity contribution in [1.29, 1.82) is 0 Å². The molecule has 0 atom stereocenters. The van der Waals surface area contributed by atoms with Crippen LogP contribution in [0.25, 0.3) is 0 Å². The van der Waals surface area contributed by atoms with Gasteiger partial charge in [0.05, 0.1) is 11.3 Å². The van der Waals surface area contributed by atoms with Crippen LogP contribution in [0.4, 0.5) is 0 Å². The van der Waals surface area contributed by atoms with Crippen molar-refractivity contribution in [1.82, 2.24) is 15.1 Å². The second-order valence-electron chi connectivity index (χ2n) is 5.22. The van der Waals surface area contributed by atoms with Gasteiger partial charge in [0.2, 0.25) is 5.89 Å². The van der Waals surface area contributed by atoms with Gasteiger partial charge in [0, 0.05) is 18.1 Å². The Bertz CT molecular complexity index is 557. The van der Waals surface area contributed by atoms with Gasteiger partial charge in [-0.1, -0.05) is 18.0 Å². The number of hydrogen-bond donors (Lipinski definition) is 1. The van der Waals surface area contributed by atoms with Gasteiger partial charge in [-0.25, -0.2) is 0 Å². The third kappa shape index (κ3) is 3.96. The molecule has 0 unspecified atom stereocenters.